The largest absolute Gasteiger partial charge is 0.125 e. The zero-order chi connectivity index (χ0) is 9.80. The Labute approximate surface area is 86.0 Å². The summed E-state index contributed by atoms with van der Waals surface area (Å²) in [4.78, 5) is 0. The van der Waals surface area contributed by atoms with E-state index in [4.69, 9.17) is 0 Å². The molecule has 0 spiro atoms. The van der Waals surface area contributed by atoms with E-state index in [0.29, 0.717) is 0 Å². The van der Waals surface area contributed by atoms with Crippen molar-refractivity contribution in [3.63, 3.8) is 0 Å². The van der Waals surface area contributed by atoms with Crippen LogP contribution in [-0.2, 0) is 0 Å². The average molecular weight is 184 g/mol. The van der Waals surface area contributed by atoms with Crippen molar-refractivity contribution >= 4 is 0 Å². The highest BCUT2D eigenvalue weighted by Crippen LogP contribution is 2.31. The second kappa shape index (κ2) is 4.30. The standard InChI is InChI=1S/C14H16/c1-2-12-7-3-4-10-14(11-12)13-8-5-6-9-13/h3-4,7,10H,1,5-6,8-9,11H2. The van der Waals surface area contributed by atoms with Gasteiger partial charge in [0.15, 0.2) is 0 Å². The highest BCUT2D eigenvalue weighted by Gasteiger charge is 2.12. The van der Waals surface area contributed by atoms with Crippen LogP contribution in [0.4, 0.5) is 0 Å². The molecule has 0 heterocycles. The van der Waals surface area contributed by atoms with Gasteiger partial charge in [0, 0.05) is 6.42 Å². The van der Waals surface area contributed by atoms with Crippen molar-refractivity contribution in [2.24, 2.45) is 0 Å². The second-order valence-electron chi connectivity index (χ2n) is 3.93. The Hall–Kier alpha value is -1.26. The summed E-state index contributed by atoms with van der Waals surface area (Å²) in [6.45, 7) is 3.72. The molecule has 0 aromatic rings. The van der Waals surface area contributed by atoms with E-state index in [1.54, 1.807) is 5.57 Å². The summed E-state index contributed by atoms with van der Waals surface area (Å²) in [5, 5.41) is 0. The third-order valence-corrected chi connectivity index (χ3v) is 2.98. The summed E-state index contributed by atoms with van der Waals surface area (Å²) in [7, 11) is 0. The van der Waals surface area contributed by atoms with Crippen LogP contribution in [0.2, 0.25) is 0 Å². The third kappa shape index (κ3) is 1.97. The topological polar surface area (TPSA) is 0 Å². The molecule has 0 radical (unpaired) electrons. The van der Waals surface area contributed by atoms with Gasteiger partial charge in [-0.05, 0) is 36.8 Å². The van der Waals surface area contributed by atoms with E-state index in [9.17, 15) is 0 Å². The molecule has 1 saturated carbocycles. The quantitative estimate of drug-likeness (QED) is 0.497. The molecule has 0 unspecified atom stereocenters. The molecule has 14 heavy (non-hydrogen) atoms. The Bertz CT molecular complexity index is 349. The van der Waals surface area contributed by atoms with Gasteiger partial charge in [0.25, 0.3) is 0 Å². The van der Waals surface area contributed by atoms with E-state index >= 15 is 0 Å². The predicted molar refractivity (Wildman–Crippen MR) is 61.0 cm³/mol. The van der Waals surface area contributed by atoms with Crippen LogP contribution in [0.3, 0.4) is 0 Å². The summed E-state index contributed by atoms with van der Waals surface area (Å²) in [5.41, 5.74) is 7.36. The van der Waals surface area contributed by atoms with Crippen LogP contribution in [0.5, 0.6) is 0 Å². The van der Waals surface area contributed by atoms with Crippen LogP contribution in [-0.4, -0.2) is 0 Å². The van der Waals surface area contributed by atoms with Crippen molar-refractivity contribution in [3.8, 4) is 0 Å². The van der Waals surface area contributed by atoms with Crippen molar-refractivity contribution in [1.29, 1.82) is 0 Å². The van der Waals surface area contributed by atoms with E-state index in [1.807, 2.05) is 0 Å². The molecule has 0 saturated heterocycles. The van der Waals surface area contributed by atoms with Gasteiger partial charge in [-0.2, -0.15) is 0 Å². The van der Waals surface area contributed by atoms with Gasteiger partial charge < -0.3 is 0 Å². The van der Waals surface area contributed by atoms with Crippen LogP contribution in [0.1, 0.15) is 32.1 Å². The van der Waals surface area contributed by atoms with E-state index in [2.05, 4.69) is 36.6 Å². The Morgan fingerprint density at radius 3 is 2.50 bits per heavy atom. The lowest BCUT2D eigenvalue weighted by atomic mass is 10.0. The van der Waals surface area contributed by atoms with Gasteiger partial charge in [-0.1, -0.05) is 36.5 Å². The molecule has 0 aromatic heterocycles. The van der Waals surface area contributed by atoms with E-state index in [-0.39, 0.29) is 0 Å². The van der Waals surface area contributed by atoms with Crippen LogP contribution >= 0.6 is 0 Å². The molecular formula is C14H16. The maximum atomic E-state index is 3.72. The highest BCUT2D eigenvalue weighted by atomic mass is 14.2. The van der Waals surface area contributed by atoms with Gasteiger partial charge in [-0.15, -0.1) is 5.73 Å². The number of hydrogen-bond acceptors (Lipinski definition) is 0. The second-order valence-corrected chi connectivity index (χ2v) is 3.93. The van der Waals surface area contributed by atoms with E-state index in [1.165, 1.54) is 36.8 Å². The average Bonchev–Trinajstić information content (AvgIpc) is 2.63. The van der Waals surface area contributed by atoms with Gasteiger partial charge in [0.05, 0.1) is 0 Å². The summed E-state index contributed by atoms with van der Waals surface area (Å²) in [5.74, 6) is 0. The molecule has 1 fully saturated rings. The van der Waals surface area contributed by atoms with Crippen molar-refractivity contribution in [2.75, 3.05) is 0 Å². The molecule has 0 atom stereocenters. The Morgan fingerprint density at radius 1 is 1.07 bits per heavy atom. The lowest BCUT2D eigenvalue weighted by Gasteiger charge is -2.05. The van der Waals surface area contributed by atoms with Crippen molar-refractivity contribution < 1.29 is 0 Å². The number of allylic oxidation sites excluding steroid dienone is 7. The molecule has 0 heteroatoms. The summed E-state index contributed by atoms with van der Waals surface area (Å²) in [6, 6.07) is 0. The SMILES string of the molecule is C=C=C1C=CC=CC(=C2CCCC2)C1. The molecule has 2 rings (SSSR count). The lowest BCUT2D eigenvalue weighted by molar-refractivity contribution is 0.886. The summed E-state index contributed by atoms with van der Waals surface area (Å²) >= 11 is 0. The van der Waals surface area contributed by atoms with Gasteiger partial charge in [0.2, 0.25) is 0 Å². The zero-order valence-corrected chi connectivity index (χ0v) is 8.55. The molecule has 0 nitrogen and oxygen atoms in total. The van der Waals surface area contributed by atoms with Crippen molar-refractivity contribution in [3.05, 3.63) is 53.3 Å². The first kappa shape index (κ1) is 9.30. The van der Waals surface area contributed by atoms with Crippen molar-refractivity contribution in [1.82, 2.24) is 0 Å². The number of hydrogen-bond donors (Lipinski definition) is 0. The molecule has 0 N–H and O–H groups in total. The molecular weight excluding hydrogens is 168 g/mol. The fourth-order valence-corrected chi connectivity index (χ4v) is 2.15. The first-order chi connectivity index (χ1) is 6.90. The van der Waals surface area contributed by atoms with Gasteiger partial charge in [0.1, 0.15) is 0 Å². The monoisotopic (exact) mass is 184 g/mol. The molecule has 0 aromatic carbocycles. The van der Waals surface area contributed by atoms with Crippen molar-refractivity contribution in [2.45, 2.75) is 32.1 Å². The molecule has 2 aliphatic carbocycles. The van der Waals surface area contributed by atoms with E-state index < -0.39 is 0 Å². The van der Waals surface area contributed by atoms with Crippen LogP contribution in [0, 0.1) is 0 Å². The smallest absolute Gasteiger partial charge is 0.00472 e. The van der Waals surface area contributed by atoms with Gasteiger partial charge >= 0.3 is 0 Å². The van der Waals surface area contributed by atoms with Gasteiger partial charge in [-0.3, -0.25) is 0 Å². The number of rotatable bonds is 0. The highest BCUT2D eigenvalue weighted by molar-refractivity contribution is 5.39. The Balaban J connectivity index is 2.28. The van der Waals surface area contributed by atoms with E-state index in [0.717, 1.165) is 6.42 Å². The third-order valence-electron chi connectivity index (χ3n) is 2.98. The Morgan fingerprint density at radius 2 is 1.79 bits per heavy atom. The maximum Gasteiger partial charge on any atom is 0.00472 e. The molecule has 2 aliphatic rings. The summed E-state index contributed by atoms with van der Waals surface area (Å²) < 4.78 is 0. The lowest BCUT2D eigenvalue weighted by Crippen LogP contribution is -1.86. The maximum absolute atomic E-state index is 3.72. The minimum atomic E-state index is 1.02. The molecule has 0 bridgehead atoms. The Kier molecular flexibility index (Phi) is 2.86. The summed E-state index contributed by atoms with van der Waals surface area (Å²) in [6.07, 6.45) is 14.9. The first-order valence-electron chi connectivity index (χ1n) is 5.35. The minimum absolute atomic E-state index is 1.02. The van der Waals surface area contributed by atoms with Gasteiger partial charge in [-0.25, -0.2) is 0 Å². The molecule has 0 aliphatic heterocycles. The van der Waals surface area contributed by atoms with Crippen LogP contribution in [0.15, 0.2) is 53.3 Å². The molecule has 72 valence electrons. The fraction of sp³-hybridized carbons (Fsp3) is 0.357. The first-order valence-corrected chi connectivity index (χ1v) is 5.35. The van der Waals surface area contributed by atoms with Crippen LogP contribution < -0.4 is 0 Å². The molecule has 0 amide bonds. The normalized spacial score (nSPS) is 21.3. The van der Waals surface area contributed by atoms with Crippen LogP contribution in [0.25, 0.3) is 0 Å². The zero-order valence-electron chi connectivity index (χ0n) is 8.55. The fourth-order valence-electron chi connectivity index (χ4n) is 2.15. The minimum Gasteiger partial charge on any atom is -0.125 e. The predicted octanol–water partition coefficient (Wildman–Crippen LogP) is 4.08.